The molecule has 0 radical (unpaired) electrons. The van der Waals surface area contributed by atoms with E-state index < -0.39 is 18.2 Å². The van der Waals surface area contributed by atoms with Crippen molar-refractivity contribution in [3.05, 3.63) is 29.8 Å². The average molecular weight is 527 g/mol. The zero-order chi connectivity index (χ0) is 26.8. The number of hydrogen-bond acceptors (Lipinski definition) is 7. The van der Waals surface area contributed by atoms with Crippen molar-refractivity contribution in [2.24, 2.45) is 5.92 Å². The Morgan fingerprint density at radius 1 is 1.11 bits per heavy atom. The van der Waals surface area contributed by atoms with Gasteiger partial charge in [0.25, 0.3) is 5.91 Å². The number of carbonyl (C=O) groups excluding carboxylic acids is 3. The number of piperazine rings is 1. The highest BCUT2D eigenvalue weighted by molar-refractivity contribution is 5.99. The van der Waals surface area contributed by atoms with Crippen LogP contribution in [-0.2, 0) is 19.1 Å². The van der Waals surface area contributed by atoms with Crippen LogP contribution in [0.5, 0.6) is 0 Å². The Labute approximate surface area is 225 Å². The first-order valence-corrected chi connectivity index (χ1v) is 14.3. The lowest BCUT2D eigenvalue weighted by Crippen LogP contribution is -2.52. The van der Waals surface area contributed by atoms with E-state index in [0.717, 1.165) is 37.9 Å². The van der Waals surface area contributed by atoms with Gasteiger partial charge in [-0.05, 0) is 56.4 Å². The number of fused-ring (bicyclic) bond motifs is 1. The minimum absolute atomic E-state index is 0.00806. The molecule has 9 nitrogen and oxygen atoms in total. The minimum atomic E-state index is -0.726. The summed E-state index contributed by atoms with van der Waals surface area (Å²) in [5, 5.41) is 2.97. The van der Waals surface area contributed by atoms with E-state index in [1.54, 1.807) is 4.90 Å². The van der Waals surface area contributed by atoms with Gasteiger partial charge in [0.2, 0.25) is 5.91 Å². The Hall–Kier alpha value is -2.49. The van der Waals surface area contributed by atoms with Gasteiger partial charge in [-0.2, -0.15) is 0 Å². The van der Waals surface area contributed by atoms with Crippen LogP contribution < -0.4 is 10.2 Å². The summed E-state index contributed by atoms with van der Waals surface area (Å²) in [6, 6.07) is 7.08. The molecule has 1 aliphatic carbocycles. The van der Waals surface area contributed by atoms with Crippen molar-refractivity contribution in [3.63, 3.8) is 0 Å². The van der Waals surface area contributed by atoms with E-state index in [4.69, 9.17) is 9.47 Å². The molecule has 3 heterocycles. The highest BCUT2D eigenvalue weighted by atomic mass is 16.6. The van der Waals surface area contributed by atoms with Gasteiger partial charge in [-0.1, -0.05) is 20.3 Å². The molecule has 1 aromatic rings. The van der Waals surface area contributed by atoms with Crippen molar-refractivity contribution in [3.8, 4) is 0 Å². The number of anilines is 1. The summed E-state index contributed by atoms with van der Waals surface area (Å²) in [5.74, 6) is -0.452. The van der Waals surface area contributed by atoms with E-state index in [9.17, 15) is 14.4 Å². The van der Waals surface area contributed by atoms with E-state index in [2.05, 4.69) is 15.1 Å². The molecule has 5 rings (SSSR count). The molecule has 0 bridgehead atoms. The number of ether oxygens (including phenoxy) is 2. The van der Waals surface area contributed by atoms with E-state index >= 15 is 0 Å². The van der Waals surface area contributed by atoms with Crippen molar-refractivity contribution in [1.82, 2.24) is 15.1 Å². The van der Waals surface area contributed by atoms with Crippen LogP contribution in [0.3, 0.4) is 0 Å². The Balaban J connectivity index is 1.22. The van der Waals surface area contributed by atoms with E-state index in [0.29, 0.717) is 25.1 Å². The molecule has 2 amide bonds. The monoisotopic (exact) mass is 526 g/mol. The second kappa shape index (κ2) is 11.7. The molecule has 1 saturated carbocycles. The zero-order valence-corrected chi connectivity index (χ0v) is 22.9. The molecular formula is C29H42N4O5. The highest BCUT2D eigenvalue weighted by Crippen LogP contribution is 2.31. The normalized spacial score (nSPS) is 26.9. The van der Waals surface area contributed by atoms with Crippen LogP contribution in [0.2, 0.25) is 0 Å². The molecule has 0 spiro atoms. The minimum Gasteiger partial charge on any atom is -0.374 e. The zero-order valence-electron chi connectivity index (χ0n) is 22.9. The number of likely N-dealkylation sites (tertiary alicyclic amines) is 1. The van der Waals surface area contributed by atoms with Crippen molar-refractivity contribution >= 4 is 23.3 Å². The number of nitrogens with one attached hydrogen (secondary N) is 1. The fourth-order valence-corrected chi connectivity index (χ4v) is 6.26. The first-order chi connectivity index (χ1) is 18.4. The van der Waals surface area contributed by atoms with Gasteiger partial charge in [0.15, 0.2) is 5.78 Å². The summed E-state index contributed by atoms with van der Waals surface area (Å²) in [4.78, 5) is 46.1. The molecule has 3 saturated heterocycles. The fourth-order valence-electron chi connectivity index (χ4n) is 6.26. The highest BCUT2D eigenvalue weighted by Gasteiger charge is 2.53. The number of amides is 2. The molecule has 0 unspecified atom stereocenters. The van der Waals surface area contributed by atoms with Crippen LogP contribution >= 0.6 is 0 Å². The summed E-state index contributed by atoms with van der Waals surface area (Å²) in [7, 11) is 0. The maximum atomic E-state index is 13.7. The maximum Gasteiger partial charge on any atom is 0.251 e. The third kappa shape index (κ3) is 5.60. The van der Waals surface area contributed by atoms with Gasteiger partial charge in [-0.15, -0.1) is 0 Å². The molecule has 1 aromatic carbocycles. The first-order valence-electron chi connectivity index (χ1n) is 14.3. The predicted octanol–water partition coefficient (Wildman–Crippen LogP) is 2.09. The number of hydrogen-bond donors (Lipinski definition) is 1. The predicted molar refractivity (Wildman–Crippen MR) is 144 cm³/mol. The van der Waals surface area contributed by atoms with Gasteiger partial charge >= 0.3 is 0 Å². The number of benzene rings is 1. The van der Waals surface area contributed by atoms with Crippen LogP contribution in [-0.4, -0.2) is 104 Å². The van der Waals surface area contributed by atoms with Gasteiger partial charge in [-0.3, -0.25) is 19.3 Å². The van der Waals surface area contributed by atoms with Crippen LogP contribution in [0.25, 0.3) is 0 Å². The Bertz CT molecular complexity index is 1000. The molecule has 9 heteroatoms. The average Bonchev–Trinajstić information content (AvgIpc) is 3.43. The first kappa shape index (κ1) is 27.1. The van der Waals surface area contributed by atoms with Gasteiger partial charge < -0.3 is 24.6 Å². The van der Waals surface area contributed by atoms with E-state index in [1.165, 1.54) is 19.3 Å². The lowest BCUT2D eigenvalue weighted by molar-refractivity contribution is -0.138. The van der Waals surface area contributed by atoms with Crippen LogP contribution in [0.4, 0.5) is 5.69 Å². The van der Waals surface area contributed by atoms with Crippen molar-refractivity contribution in [2.45, 2.75) is 76.8 Å². The van der Waals surface area contributed by atoms with Crippen molar-refractivity contribution in [2.75, 3.05) is 50.8 Å². The summed E-state index contributed by atoms with van der Waals surface area (Å²) >= 11 is 0. The van der Waals surface area contributed by atoms with E-state index in [-0.39, 0.29) is 36.2 Å². The standard InChI is InChI=1S/C29H42N4O5/c1-4-37-25-17-33(26-24(34)18-38-27(25)26)29(36)23(16-19(2)3)30-28(35)20-8-10-22(11-9-20)32-14-12-31(13-15-32)21-6-5-7-21/h8-11,19,21,23,25-27H,4-7,12-18H2,1-3H3,(H,30,35)/t23-,25-,26+,27+/m0/s1. The lowest BCUT2D eigenvalue weighted by Gasteiger charge is -2.43. The van der Waals surface area contributed by atoms with Crippen LogP contribution in [0.15, 0.2) is 24.3 Å². The smallest absolute Gasteiger partial charge is 0.251 e. The van der Waals surface area contributed by atoms with E-state index in [1.807, 2.05) is 45.0 Å². The molecule has 4 aliphatic rings. The molecule has 38 heavy (non-hydrogen) atoms. The molecule has 3 aliphatic heterocycles. The second-order valence-corrected chi connectivity index (χ2v) is 11.5. The number of ketones is 1. The van der Waals surface area contributed by atoms with Gasteiger partial charge in [-0.25, -0.2) is 0 Å². The molecule has 4 atom stereocenters. The largest absolute Gasteiger partial charge is 0.374 e. The third-order valence-electron chi connectivity index (χ3n) is 8.51. The Kier molecular flexibility index (Phi) is 8.35. The summed E-state index contributed by atoms with van der Waals surface area (Å²) < 4.78 is 11.4. The third-order valence-corrected chi connectivity index (χ3v) is 8.51. The lowest BCUT2D eigenvalue weighted by atomic mass is 9.91. The van der Waals surface area contributed by atoms with Gasteiger partial charge in [0.05, 0.1) is 6.54 Å². The van der Waals surface area contributed by atoms with Crippen molar-refractivity contribution < 1.29 is 23.9 Å². The Morgan fingerprint density at radius 2 is 1.82 bits per heavy atom. The Morgan fingerprint density at radius 3 is 2.42 bits per heavy atom. The molecule has 4 fully saturated rings. The summed E-state index contributed by atoms with van der Waals surface area (Å²) in [6.07, 6.45) is 3.73. The summed E-state index contributed by atoms with van der Waals surface area (Å²) in [6.45, 7) is 10.9. The summed E-state index contributed by atoms with van der Waals surface area (Å²) in [5.41, 5.74) is 1.64. The number of nitrogens with zero attached hydrogens (tertiary/aromatic N) is 3. The maximum absolute atomic E-state index is 13.7. The number of Topliss-reactive ketones (excluding diaryl/α,β-unsaturated/α-hetero) is 1. The number of carbonyl (C=O) groups is 3. The molecule has 1 N–H and O–H groups in total. The topological polar surface area (TPSA) is 91.4 Å². The van der Waals surface area contributed by atoms with Gasteiger partial charge in [0, 0.05) is 50.1 Å². The van der Waals surface area contributed by atoms with Gasteiger partial charge in [0.1, 0.15) is 30.9 Å². The second-order valence-electron chi connectivity index (χ2n) is 11.5. The molecular weight excluding hydrogens is 484 g/mol. The van der Waals surface area contributed by atoms with Crippen molar-refractivity contribution in [1.29, 1.82) is 0 Å². The SMILES string of the molecule is CCO[C@H]1CN(C(=O)[C@H](CC(C)C)NC(=O)c2ccc(N3CCN(C4CCC4)CC3)cc2)[C@@H]2C(=O)CO[C@H]12. The molecule has 208 valence electrons. The quantitative estimate of drug-likeness (QED) is 0.527. The number of rotatable bonds is 9. The molecule has 0 aromatic heterocycles. The fraction of sp³-hybridized carbons (Fsp3) is 0.690. The van der Waals surface area contributed by atoms with Crippen LogP contribution in [0.1, 0.15) is 56.8 Å². The van der Waals surface area contributed by atoms with Crippen LogP contribution in [0, 0.1) is 5.92 Å².